The Morgan fingerprint density at radius 1 is 1.17 bits per heavy atom. The summed E-state index contributed by atoms with van der Waals surface area (Å²) in [6, 6.07) is 8.04. The number of rotatable bonds is 7. The molecule has 6 nitrogen and oxygen atoms in total. The highest BCUT2D eigenvalue weighted by Gasteiger charge is 2.13. The van der Waals surface area contributed by atoms with E-state index < -0.39 is 5.91 Å². The summed E-state index contributed by atoms with van der Waals surface area (Å²) in [7, 11) is 1.83. The molecule has 8 heteroatoms. The predicted molar refractivity (Wildman–Crippen MR) is 97.2 cm³/mol. The Kier molecular flexibility index (Phi) is 8.32. The Balaban J connectivity index is 0.00000288. The summed E-state index contributed by atoms with van der Waals surface area (Å²) in [5, 5.41) is 8.89. The molecule has 0 bridgehead atoms. The summed E-state index contributed by atoms with van der Waals surface area (Å²) in [5.41, 5.74) is 0.907. The predicted octanol–water partition coefficient (Wildman–Crippen LogP) is 3.55. The number of anilines is 2. The maximum absolute atomic E-state index is 12.1. The molecule has 0 unspecified atom stereocenters. The van der Waals surface area contributed by atoms with Crippen molar-refractivity contribution in [2.45, 2.75) is 12.8 Å². The second-order valence-electron chi connectivity index (χ2n) is 4.88. The van der Waals surface area contributed by atoms with Crippen molar-refractivity contribution in [3.05, 3.63) is 47.4 Å². The highest BCUT2D eigenvalue weighted by Crippen LogP contribution is 2.26. The van der Waals surface area contributed by atoms with Gasteiger partial charge in [0.2, 0.25) is 5.91 Å². The van der Waals surface area contributed by atoms with Crippen LogP contribution in [0.1, 0.15) is 23.4 Å². The minimum Gasteiger partial charge on any atom is -0.459 e. The summed E-state index contributed by atoms with van der Waals surface area (Å²) in [6.07, 6.45) is 2.52. The normalized spacial score (nSPS) is 9.92. The minimum atomic E-state index is -0.414. The molecule has 3 N–H and O–H groups in total. The molecule has 1 heterocycles. The molecule has 0 aliphatic heterocycles. The molecule has 2 rings (SSSR count). The number of furan rings is 1. The largest absolute Gasteiger partial charge is 0.459 e. The first-order valence-electron chi connectivity index (χ1n) is 7.19. The molecule has 0 fully saturated rings. The van der Waals surface area contributed by atoms with Crippen molar-refractivity contribution in [3.63, 3.8) is 0 Å². The third-order valence-corrected chi connectivity index (χ3v) is 3.31. The van der Waals surface area contributed by atoms with Gasteiger partial charge in [-0.1, -0.05) is 11.6 Å². The van der Waals surface area contributed by atoms with Gasteiger partial charge in [0.1, 0.15) is 0 Å². The zero-order valence-electron chi connectivity index (χ0n) is 13.1. The molecular formula is C16H19Cl2N3O3. The molecule has 24 heavy (non-hydrogen) atoms. The molecule has 0 saturated heterocycles. The van der Waals surface area contributed by atoms with Crippen LogP contribution in [0, 0.1) is 0 Å². The fraction of sp³-hybridized carbons (Fsp3) is 0.250. The van der Waals surface area contributed by atoms with E-state index in [2.05, 4.69) is 16.0 Å². The number of hydrogen-bond donors (Lipinski definition) is 3. The number of carbonyl (C=O) groups is 2. The van der Waals surface area contributed by atoms with E-state index in [-0.39, 0.29) is 24.1 Å². The van der Waals surface area contributed by atoms with Gasteiger partial charge in [-0.2, -0.15) is 0 Å². The number of amides is 2. The van der Waals surface area contributed by atoms with Crippen molar-refractivity contribution >= 4 is 47.2 Å². The van der Waals surface area contributed by atoms with Gasteiger partial charge >= 0.3 is 0 Å². The number of benzene rings is 1. The SMILES string of the molecule is CNCCCC(=O)Nc1ccc(Cl)cc1NC(=O)c1ccco1.Cl. The van der Waals surface area contributed by atoms with Crippen LogP contribution < -0.4 is 16.0 Å². The molecule has 130 valence electrons. The fourth-order valence-corrected chi connectivity index (χ4v) is 2.13. The lowest BCUT2D eigenvalue weighted by atomic mass is 10.2. The van der Waals surface area contributed by atoms with Gasteiger partial charge in [-0.25, -0.2) is 0 Å². The Bertz CT molecular complexity index is 675. The lowest BCUT2D eigenvalue weighted by molar-refractivity contribution is -0.116. The summed E-state index contributed by atoms with van der Waals surface area (Å²) in [4.78, 5) is 24.0. The van der Waals surface area contributed by atoms with Crippen LogP contribution in [0.25, 0.3) is 0 Å². The summed E-state index contributed by atoms with van der Waals surface area (Å²) in [5.74, 6) is -0.365. The van der Waals surface area contributed by atoms with Crippen molar-refractivity contribution in [3.8, 4) is 0 Å². The van der Waals surface area contributed by atoms with Crippen LogP contribution in [0.2, 0.25) is 5.02 Å². The molecule has 1 aromatic carbocycles. The molecule has 2 aromatic rings. The van der Waals surface area contributed by atoms with E-state index in [0.717, 1.165) is 13.0 Å². The molecule has 0 aliphatic carbocycles. The Labute approximate surface area is 151 Å². The first-order valence-corrected chi connectivity index (χ1v) is 7.57. The van der Waals surface area contributed by atoms with Crippen molar-refractivity contribution in [2.75, 3.05) is 24.2 Å². The standard InChI is InChI=1S/C16H18ClN3O3.ClH/c1-18-8-2-5-15(21)19-12-7-6-11(17)10-13(12)20-16(22)14-4-3-9-23-14;/h3-4,6-7,9-10,18H,2,5,8H2,1H3,(H,19,21)(H,20,22);1H. The molecule has 0 radical (unpaired) electrons. The van der Waals surface area contributed by atoms with E-state index in [0.29, 0.717) is 22.8 Å². The molecule has 1 aromatic heterocycles. The number of nitrogens with one attached hydrogen (secondary N) is 3. The molecule has 0 saturated carbocycles. The molecule has 0 aliphatic rings. The van der Waals surface area contributed by atoms with Gasteiger partial charge in [-0.05, 0) is 50.3 Å². The fourth-order valence-electron chi connectivity index (χ4n) is 1.96. The lowest BCUT2D eigenvalue weighted by Gasteiger charge is -2.12. The third kappa shape index (κ3) is 5.88. The molecule has 2 amide bonds. The smallest absolute Gasteiger partial charge is 0.291 e. The van der Waals surface area contributed by atoms with Crippen LogP contribution in [0.5, 0.6) is 0 Å². The summed E-state index contributed by atoms with van der Waals surface area (Å²) >= 11 is 5.97. The molecule has 0 spiro atoms. The van der Waals surface area contributed by atoms with Gasteiger partial charge in [-0.15, -0.1) is 12.4 Å². The van der Waals surface area contributed by atoms with Gasteiger partial charge in [-0.3, -0.25) is 9.59 Å². The third-order valence-electron chi connectivity index (χ3n) is 3.08. The van der Waals surface area contributed by atoms with Crippen molar-refractivity contribution < 1.29 is 14.0 Å². The average Bonchev–Trinajstić information content (AvgIpc) is 3.05. The summed E-state index contributed by atoms with van der Waals surface area (Å²) < 4.78 is 5.04. The zero-order chi connectivity index (χ0) is 16.7. The van der Waals surface area contributed by atoms with E-state index >= 15 is 0 Å². The van der Waals surface area contributed by atoms with Crippen LogP contribution >= 0.6 is 24.0 Å². The van der Waals surface area contributed by atoms with Crippen molar-refractivity contribution in [2.24, 2.45) is 0 Å². The van der Waals surface area contributed by atoms with Crippen LogP contribution in [0.15, 0.2) is 41.0 Å². The van der Waals surface area contributed by atoms with Crippen molar-refractivity contribution in [1.29, 1.82) is 0 Å². The van der Waals surface area contributed by atoms with Gasteiger partial charge in [0.05, 0.1) is 17.6 Å². The lowest BCUT2D eigenvalue weighted by Crippen LogP contribution is -2.17. The second kappa shape index (κ2) is 9.97. The highest BCUT2D eigenvalue weighted by atomic mass is 35.5. The van der Waals surface area contributed by atoms with E-state index in [1.165, 1.54) is 6.26 Å². The first kappa shape index (κ1) is 20.0. The van der Waals surface area contributed by atoms with Crippen LogP contribution in [0.3, 0.4) is 0 Å². The first-order chi connectivity index (χ1) is 11.1. The van der Waals surface area contributed by atoms with E-state index in [1.807, 2.05) is 7.05 Å². The topological polar surface area (TPSA) is 83.4 Å². The minimum absolute atomic E-state index is 0. The maximum atomic E-state index is 12.1. The van der Waals surface area contributed by atoms with Crippen molar-refractivity contribution in [1.82, 2.24) is 5.32 Å². The van der Waals surface area contributed by atoms with Gasteiger partial charge in [0, 0.05) is 11.4 Å². The van der Waals surface area contributed by atoms with E-state index in [4.69, 9.17) is 16.0 Å². The quantitative estimate of drug-likeness (QED) is 0.649. The zero-order valence-corrected chi connectivity index (χ0v) is 14.7. The van der Waals surface area contributed by atoms with Gasteiger partial charge in [0.15, 0.2) is 5.76 Å². The molecular weight excluding hydrogens is 353 g/mol. The number of hydrogen-bond acceptors (Lipinski definition) is 4. The average molecular weight is 372 g/mol. The Morgan fingerprint density at radius 3 is 2.62 bits per heavy atom. The second-order valence-corrected chi connectivity index (χ2v) is 5.31. The van der Waals surface area contributed by atoms with Gasteiger partial charge in [0.25, 0.3) is 5.91 Å². The van der Waals surface area contributed by atoms with Crippen LogP contribution in [-0.4, -0.2) is 25.4 Å². The summed E-state index contributed by atoms with van der Waals surface area (Å²) in [6.45, 7) is 0.760. The number of halogens is 2. The monoisotopic (exact) mass is 371 g/mol. The molecule has 0 atom stereocenters. The van der Waals surface area contributed by atoms with Gasteiger partial charge < -0.3 is 20.4 Å². The van der Waals surface area contributed by atoms with E-state index in [9.17, 15) is 9.59 Å². The Morgan fingerprint density at radius 2 is 1.96 bits per heavy atom. The van der Waals surface area contributed by atoms with Crippen LogP contribution in [-0.2, 0) is 4.79 Å². The van der Waals surface area contributed by atoms with Crippen LogP contribution in [0.4, 0.5) is 11.4 Å². The highest BCUT2D eigenvalue weighted by molar-refractivity contribution is 6.31. The number of carbonyl (C=O) groups excluding carboxylic acids is 2. The van der Waals surface area contributed by atoms with E-state index in [1.54, 1.807) is 30.3 Å². The maximum Gasteiger partial charge on any atom is 0.291 e. The Hall–Kier alpha value is -2.02.